The van der Waals surface area contributed by atoms with E-state index >= 15 is 0 Å². The summed E-state index contributed by atoms with van der Waals surface area (Å²) < 4.78 is 33.3. The molecule has 0 aromatic rings. The first-order chi connectivity index (χ1) is 8.79. The van der Waals surface area contributed by atoms with Crippen LogP contribution in [0.1, 0.15) is 34.1 Å². The minimum Gasteiger partial charge on any atom is -0.465 e. The highest BCUT2D eigenvalue weighted by Crippen LogP contribution is 2.28. The van der Waals surface area contributed by atoms with E-state index in [1.807, 2.05) is 0 Å². The number of sulfone groups is 1. The quantitative estimate of drug-likeness (QED) is 0.489. The second-order valence-electron chi connectivity index (χ2n) is 4.05. The smallest absolute Gasteiger partial charge is 0.324 e. The van der Waals surface area contributed by atoms with E-state index < -0.39 is 32.9 Å². The van der Waals surface area contributed by atoms with E-state index in [1.54, 1.807) is 20.8 Å². The van der Waals surface area contributed by atoms with Crippen molar-refractivity contribution in [2.24, 2.45) is 5.41 Å². The Bertz CT molecular complexity index is 394. The Labute approximate surface area is 114 Å². The van der Waals surface area contributed by atoms with Gasteiger partial charge in [0.25, 0.3) is 0 Å². The fourth-order valence-corrected chi connectivity index (χ4v) is 3.00. The summed E-state index contributed by atoms with van der Waals surface area (Å²) in [5.74, 6) is -2.40. The van der Waals surface area contributed by atoms with Gasteiger partial charge in [-0.05, 0) is 20.3 Å². The highest BCUT2D eigenvalue weighted by molar-refractivity contribution is 7.91. The summed E-state index contributed by atoms with van der Waals surface area (Å²) >= 11 is 0. The molecule has 0 N–H and O–H groups in total. The van der Waals surface area contributed by atoms with Crippen LogP contribution in [0.3, 0.4) is 0 Å². The average Bonchev–Trinajstić information content (AvgIpc) is 2.36. The number of hydrogen-bond acceptors (Lipinski definition) is 6. The van der Waals surface area contributed by atoms with Crippen LogP contribution in [0.15, 0.2) is 0 Å². The van der Waals surface area contributed by atoms with Gasteiger partial charge in [0, 0.05) is 5.75 Å². The van der Waals surface area contributed by atoms with Crippen LogP contribution in [0, 0.1) is 5.41 Å². The lowest BCUT2D eigenvalue weighted by molar-refractivity contribution is -0.170. The van der Waals surface area contributed by atoms with Gasteiger partial charge >= 0.3 is 11.9 Å². The molecule has 0 spiro atoms. The highest BCUT2D eigenvalue weighted by Gasteiger charge is 2.50. The maximum atomic E-state index is 12.0. The average molecular weight is 294 g/mol. The second-order valence-corrected chi connectivity index (χ2v) is 6.41. The number of esters is 2. The van der Waals surface area contributed by atoms with Gasteiger partial charge in [-0.1, -0.05) is 13.8 Å². The van der Waals surface area contributed by atoms with Crippen molar-refractivity contribution < 1.29 is 27.5 Å². The number of carbonyl (C=O) groups is 2. The molecule has 112 valence electrons. The molecule has 0 aromatic heterocycles. The summed E-state index contributed by atoms with van der Waals surface area (Å²) in [5.41, 5.74) is -1.76. The SMILES string of the molecule is CCOC(=O)C(CC)(CS(=O)(=O)CC)C(=O)OCC. The zero-order valence-corrected chi connectivity index (χ0v) is 12.7. The van der Waals surface area contributed by atoms with Crippen LogP contribution < -0.4 is 0 Å². The molecule has 0 aliphatic rings. The summed E-state index contributed by atoms with van der Waals surface area (Å²) in [6.45, 7) is 6.37. The predicted molar refractivity (Wildman–Crippen MR) is 70.3 cm³/mol. The van der Waals surface area contributed by atoms with E-state index in [0.717, 1.165) is 0 Å². The van der Waals surface area contributed by atoms with Crippen molar-refractivity contribution >= 4 is 21.8 Å². The fraction of sp³-hybridized carbons (Fsp3) is 0.833. The van der Waals surface area contributed by atoms with Crippen LogP contribution in [0.25, 0.3) is 0 Å². The molecule has 0 aliphatic heterocycles. The molecule has 19 heavy (non-hydrogen) atoms. The van der Waals surface area contributed by atoms with Crippen LogP contribution in [0.2, 0.25) is 0 Å². The molecule has 0 bridgehead atoms. The zero-order valence-electron chi connectivity index (χ0n) is 11.9. The maximum absolute atomic E-state index is 12.0. The van der Waals surface area contributed by atoms with Gasteiger partial charge < -0.3 is 9.47 Å². The molecule has 0 amide bonds. The molecule has 7 heteroatoms. The van der Waals surface area contributed by atoms with E-state index in [1.165, 1.54) is 6.92 Å². The molecule has 0 rings (SSSR count). The van der Waals surface area contributed by atoms with Crippen molar-refractivity contribution in [2.75, 3.05) is 24.7 Å². The summed E-state index contributed by atoms with van der Waals surface area (Å²) in [4.78, 5) is 24.0. The predicted octanol–water partition coefficient (Wildman–Crippen LogP) is 0.944. The van der Waals surface area contributed by atoms with Gasteiger partial charge in [0.05, 0.1) is 19.0 Å². The monoisotopic (exact) mass is 294 g/mol. The Morgan fingerprint density at radius 1 is 0.947 bits per heavy atom. The van der Waals surface area contributed by atoms with Crippen molar-refractivity contribution in [3.63, 3.8) is 0 Å². The molecule has 0 atom stereocenters. The van der Waals surface area contributed by atoms with Crippen molar-refractivity contribution in [1.82, 2.24) is 0 Å². The van der Waals surface area contributed by atoms with Crippen molar-refractivity contribution in [2.45, 2.75) is 34.1 Å². The van der Waals surface area contributed by atoms with E-state index in [4.69, 9.17) is 9.47 Å². The number of hydrogen-bond donors (Lipinski definition) is 0. The van der Waals surface area contributed by atoms with Crippen LogP contribution in [-0.2, 0) is 28.9 Å². The first-order valence-corrected chi connectivity index (χ1v) is 8.16. The van der Waals surface area contributed by atoms with E-state index in [9.17, 15) is 18.0 Å². The summed E-state index contributed by atoms with van der Waals surface area (Å²) in [5, 5.41) is 0. The van der Waals surface area contributed by atoms with Crippen LogP contribution in [0.4, 0.5) is 0 Å². The van der Waals surface area contributed by atoms with Crippen molar-refractivity contribution in [3.8, 4) is 0 Å². The Morgan fingerprint density at radius 3 is 1.63 bits per heavy atom. The summed E-state index contributed by atoms with van der Waals surface area (Å²) in [6.07, 6.45) is 0.0178. The summed E-state index contributed by atoms with van der Waals surface area (Å²) in [6, 6.07) is 0. The standard InChI is InChI=1S/C12H22O6S/c1-5-12(10(13)17-6-2,11(14)18-7-3)9-19(15,16)8-4/h5-9H2,1-4H3. The topological polar surface area (TPSA) is 86.7 Å². The minimum absolute atomic E-state index is 0.0178. The van der Waals surface area contributed by atoms with Gasteiger partial charge in [-0.2, -0.15) is 0 Å². The van der Waals surface area contributed by atoms with Crippen LogP contribution in [-0.4, -0.2) is 45.1 Å². The molecule has 0 fully saturated rings. The first-order valence-electron chi connectivity index (χ1n) is 6.34. The largest absolute Gasteiger partial charge is 0.465 e. The third-order valence-corrected chi connectivity index (χ3v) is 4.65. The Balaban J connectivity index is 5.54. The molecule has 0 saturated heterocycles. The van der Waals surface area contributed by atoms with Gasteiger partial charge in [0.1, 0.15) is 0 Å². The van der Waals surface area contributed by atoms with Crippen LogP contribution >= 0.6 is 0 Å². The van der Waals surface area contributed by atoms with Crippen LogP contribution in [0.5, 0.6) is 0 Å². The Morgan fingerprint density at radius 2 is 1.37 bits per heavy atom. The number of rotatable bonds is 8. The third kappa shape index (κ3) is 4.49. The Hall–Kier alpha value is -1.11. The molecule has 0 heterocycles. The lowest BCUT2D eigenvalue weighted by atomic mass is 9.87. The first kappa shape index (κ1) is 17.9. The maximum Gasteiger partial charge on any atom is 0.324 e. The second kappa shape index (κ2) is 7.47. The molecule has 0 aromatic carbocycles. The molecule has 0 saturated carbocycles. The molecule has 0 unspecified atom stereocenters. The zero-order chi connectivity index (χ0) is 15.1. The minimum atomic E-state index is -3.52. The molecular formula is C12H22O6S. The highest BCUT2D eigenvalue weighted by atomic mass is 32.2. The summed E-state index contributed by atoms with van der Waals surface area (Å²) in [7, 11) is -3.52. The van der Waals surface area contributed by atoms with Crippen molar-refractivity contribution in [1.29, 1.82) is 0 Å². The fourth-order valence-electron chi connectivity index (χ4n) is 1.61. The lowest BCUT2D eigenvalue weighted by Crippen LogP contribution is -2.47. The number of ether oxygens (including phenoxy) is 2. The number of carbonyl (C=O) groups excluding carboxylic acids is 2. The Kier molecular flexibility index (Phi) is 7.04. The lowest BCUT2D eigenvalue weighted by Gasteiger charge is -2.27. The van der Waals surface area contributed by atoms with Gasteiger partial charge in [-0.3, -0.25) is 9.59 Å². The van der Waals surface area contributed by atoms with Gasteiger partial charge in [0.2, 0.25) is 0 Å². The third-order valence-electron chi connectivity index (χ3n) is 2.84. The van der Waals surface area contributed by atoms with Gasteiger partial charge in [-0.25, -0.2) is 8.42 Å². The van der Waals surface area contributed by atoms with Gasteiger partial charge in [0.15, 0.2) is 15.3 Å². The normalized spacial score (nSPS) is 12.0. The molecule has 0 aliphatic carbocycles. The van der Waals surface area contributed by atoms with E-state index in [0.29, 0.717) is 0 Å². The van der Waals surface area contributed by atoms with Crippen molar-refractivity contribution in [3.05, 3.63) is 0 Å². The van der Waals surface area contributed by atoms with E-state index in [2.05, 4.69) is 0 Å². The molecule has 6 nitrogen and oxygen atoms in total. The molecule has 0 radical (unpaired) electrons. The molecular weight excluding hydrogens is 272 g/mol. The van der Waals surface area contributed by atoms with Gasteiger partial charge in [-0.15, -0.1) is 0 Å². The van der Waals surface area contributed by atoms with E-state index in [-0.39, 0.29) is 25.4 Å².